The molecule has 146 valence electrons. The lowest BCUT2D eigenvalue weighted by Crippen LogP contribution is -2.22. The number of ether oxygens (including phenoxy) is 2. The number of para-hydroxylation sites is 1. The first-order valence-corrected chi connectivity index (χ1v) is 10.4. The van der Waals surface area contributed by atoms with E-state index in [2.05, 4.69) is 12.2 Å². The Morgan fingerprint density at radius 2 is 2.14 bits per heavy atom. The topological polar surface area (TPSA) is 64.6 Å². The van der Waals surface area contributed by atoms with Crippen molar-refractivity contribution in [2.45, 2.75) is 33.1 Å². The Morgan fingerprint density at radius 3 is 2.96 bits per heavy atom. The van der Waals surface area contributed by atoms with Gasteiger partial charge in [-0.25, -0.2) is 4.79 Å². The van der Waals surface area contributed by atoms with Gasteiger partial charge in [0, 0.05) is 10.4 Å². The van der Waals surface area contributed by atoms with Gasteiger partial charge in [0.15, 0.2) is 0 Å². The van der Waals surface area contributed by atoms with Gasteiger partial charge >= 0.3 is 5.97 Å². The van der Waals surface area contributed by atoms with Gasteiger partial charge in [0.2, 0.25) is 0 Å². The summed E-state index contributed by atoms with van der Waals surface area (Å²) in [6, 6.07) is 7.61. The van der Waals surface area contributed by atoms with Crippen molar-refractivity contribution < 1.29 is 19.1 Å². The Hall–Kier alpha value is -2.60. The number of hydrogen-bond donors (Lipinski definition) is 1. The third-order valence-electron chi connectivity index (χ3n) is 5.14. The summed E-state index contributed by atoms with van der Waals surface area (Å²) in [5.74, 6) is 0.748. The first-order valence-electron chi connectivity index (χ1n) is 9.62. The van der Waals surface area contributed by atoms with Crippen LogP contribution in [0.5, 0.6) is 5.75 Å². The van der Waals surface area contributed by atoms with Gasteiger partial charge in [0.05, 0.1) is 17.7 Å². The molecule has 2 heterocycles. The van der Waals surface area contributed by atoms with Gasteiger partial charge in [-0.2, -0.15) is 0 Å². The number of carbonyl (C=O) groups is 2. The molecular formula is C22H23NO4S. The van der Waals surface area contributed by atoms with Gasteiger partial charge in [0.25, 0.3) is 5.91 Å². The van der Waals surface area contributed by atoms with Crippen LogP contribution in [0, 0.1) is 5.92 Å². The van der Waals surface area contributed by atoms with Crippen molar-refractivity contribution in [3.63, 3.8) is 0 Å². The van der Waals surface area contributed by atoms with E-state index in [9.17, 15) is 9.59 Å². The molecule has 0 saturated heterocycles. The minimum atomic E-state index is -0.357. The highest BCUT2D eigenvalue weighted by Gasteiger charge is 2.30. The largest absolute Gasteiger partial charge is 0.488 e. The molecule has 6 heteroatoms. The number of fused-ring (bicyclic) bond motifs is 2. The molecule has 2 aromatic rings. The molecule has 0 fully saturated rings. The second-order valence-electron chi connectivity index (χ2n) is 7.23. The molecule has 28 heavy (non-hydrogen) atoms. The lowest BCUT2D eigenvalue weighted by molar-refractivity contribution is -0.113. The van der Waals surface area contributed by atoms with E-state index in [1.165, 1.54) is 16.2 Å². The third-order valence-corrected chi connectivity index (χ3v) is 6.31. The SMILES string of the molecule is CCOC(=O)c1c(NC(=O)C2=Cc3ccccc3OC2)sc2c1CCC(C)C2. The molecule has 1 aliphatic carbocycles. The molecule has 1 N–H and O–H groups in total. The molecule has 0 saturated carbocycles. The van der Waals surface area contributed by atoms with Gasteiger partial charge in [-0.1, -0.05) is 25.1 Å². The number of amides is 1. The number of hydrogen-bond acceptors (Lipinski definition) is 5. The highest BCUT2D eigenvalue weighted by atomic mass is 32.1. The van der Waals surface area contributed by atoms with Crippen LogP contribution in [0.2, 0.25) is 0 Å². The smallest absolute Gasteiger partial charge is 0.341 e. The number of esters is 1. The molecule has 2 aliphatic rings. The van der Waals surface area contributed by atoms with E-state index in [4.69, 9.17) is 9.47 Å². The fourth-order valence-electron chi connectivity index (χ4n) is 3.69. The second-order valence-corrected chi connectivity index (χ2v) is 8.33. The number of rotatable bonds is 4. The van der Waals surface area contributed by atoms with Crippen LogP contribution >= 0.6 is 11.3 Å². The number of carbonyl (C=O) groups excluding carboxylic acids is 2. The van der Waals surface area contributed by atoms with Crippen LogP contribution in [0.3, 0.4) is 0 Å². The van der Waals surface area contributed by atoms with Gasteiger partial charge in [-0.15, -0.1) is 11.3 Å². The number of nitrogens with one attached hydrogen (secondary N) is 1. The van der Waals surface area contributed by atoms with Gasteiger partial charge in [-0.05, 0) is 49.8 Å². The molecular weight excluding hydrogens is 374 g/mol. The highest BCUT2D eigenvalue weighted by molar-refractivity contribution is 7.17. The Balaban J connectivity index is 1.63. The summed E-state index contributed by atoms with van der Waals surface area (Å²) in [7, 11) is 0. The molecule has 1 unspecified atom stereocenters. The quantitative estimate of drug-likeness (QED) is 0.774. The number of thiophene rings is 1. The lowest BCUT2D eigenvalue weighted by Gasteiger charge is -2.18. The van der Waals surface area contributed by atoms with Crippen LogP contribution in [0.4, 0.5) is 5.00 Å². The molecule has 5 nitrogen and oxygen atoms in total. The van der Waals surface area contributed by atoms with Crippen LogP contribution in [-0.4, -0.2) is 25.1 Å². The Morgan fingerprint density at radius 1 is 1.32 bits per heavy atom. The fourth-order valence-corrected chi connectivity index (χ4v) is 5.08. The van der Waals surface area contributed by atoms with Crippen molar-refractivity contribution in [2.24, 2.45) is 5.92 Å². The van der Waals surface area contributed by atoms with E-state index >= 15 is 0 Å². The summed E-state index contributed by atoms with van der Waals surface area (Å²) < 4.78 is 11.0. The molecule has 1 aliphatic heterocycles. The standard InChI is InChI=1S/C22H23NO4S/c1-3-26-22(25)19-16-9-8-13(2)10-18(16)28-21(19)23-20(24)15-11-14-6-4-5-7-17(14)27-12-15/h4-7,11,13H,3,8-10,12H2,1-2H3,(H,23,24). The van der Waals surface area contributed by atoms with Gasteiger partial charge in [-0.3, -0.25) is 4.79 Å². The van der Waals surface area contributed by atoms with Crippen LogP contribution in [0.1, 0.15) is 46.6 Å². The average molecular weight is 397 g/mol. The summed E-state index contributed by atoms with van der Waals surface area (Å²) in [5, 5.41) is 3.54. The van der Waals surface area contributed by atoms with Crippen molar-refractivity contribution in [3.05, 3.63) is 51.4 Å². The summed E-state index contributed by atoms with van der Waals surface area (Å²) >= 11 is 1.50. The maximum absolute atomic E-state index is 12.9. The first-order chi connectivity index (χ1) is 13.6. The lowest BCUT2D eigenvalue weighted by atomic mass is 9.88. The molecule has 1 aromatic heterocycles. The maximum Gasteiger partial charge on any atom is 0.341 e. The van der Waals surface area contributed by atoms with Crippen LogP contribution in [0.15, 0.2) is 29.8 Å². The minimum absolute atomic E-state index is 0.208. The molecule has 1 aromatic carbocycles. The van der Waals surface area contributed by atoms with Crippen molar-refractivity contribution in [1.82, 2.24) is 0 Å². The second kappa shape index (κ2) is 7.80. The summed E-state index contributed by atoms with van der Waals surface area (Å²) in [4.78, 5) is 26.7. The molecule has 1 amide bonds. The first kappa shape index (κ1) is 18.7. The van der Waals surface area contributed by atoms with E-state index in [-0.39, 0.29) is 18.5 Å². The zero-order chi connectivity index (χ0) is 19.7. The minimum Gasteiger partial charge on any atom is -0.488 e. The van der Waals surface area contributed by atoms with Crippen molar-refractivity contribution >= 4 is 34.3 Å². The van der Waals surface area contributed by atoms with Gasteiger partial charge < -0.3 is 14.8 Å². The van der Waals surface area contributed by atoms with Crippen LogP contribution in [0.25, 0.3) is 6.08 Å². The Labute approximate surface area is 168 Å². The van der Waals surface area contributed by atoms with E-state index in [1.807, 2.05) is 30.3 Å². The Bertz CT molecular complexity index is 959. The molecule has 0 bridgehead atoms. The van der Waals surface area contributed by atoms with E-state index < -0.39 is 0 Å². The number of anilines is 1. The van der Waals surface area contributed by atoms with Crippen LogP contribution in [-0.2, 0) is 22.4 Å². The van der Waals surface area contributed by atoms with Crippen molar-refractivity contribution in [2.75, 3.05) is 18.5 Å². The molecule has 4 rings (SSSR count). The zero-order valence-electron chi connectivity index (χ0n) is 16.0. The van der Waals surface area contributed by atoms with Crippen molar-refractivity contribution in [3.8, 4) is 5.75 Å². The highest BCUT2D eigenvalue weighted by Crippen LogP contribution is 2.40. The predicted molar refractivity (Wildman–Crippen MR) is 110 cm³/mol. The molecule has 0 spiro atoms. The van der Waals surface area contributed by atoms with E-state index in [1.54, 1.807) is 6.92 Å². The molecule has 0 radical (unpaired) electrons. The maximum atomic E-state index is 12.9. The van der Waals surface area contributed by atoms with Gasteiger partial charge in [0.1, 0.15) is 17.4 Å². The summed E-state index contributed by atoms with van der Waals surface area (Å²) in [6.07, 6.45) is 4.66. The molecule has 1 atom stereocenters. The van der Waals surface area contributed by atoms with Crippen LogP contribution < -0.4 is 10.1 Å². The fraction of sp³-hybridized carbons (Fsp3) is 0.364. The summed E-state index contributed by atoms with van der Waals surface area (Å²) in [6.45, 7) is 4.52. The zero-order valence-corrected chi connectivity index (χ0v) is 16.9. The number of benzene rings is 1. The predicted octanol–water partition coefficient (Wildman–Crippen LogP) is 4.46. The van der Waals surface area contributed by atoms with E-state index in [0.717, 1.165) is 36.1 Å². The monoisotopic (exact) mass is 397 g/mol. The normalized spacial score (nSPS) is 17.6. The third kappa shape index (κ3) is 3.56. The summed E-state index contributed by atoms with van der Waals surface area (Å²) in [5.41, 5.74) is 2.98. The van der Waals surface area contributed by atoms with E-state index in [0.29, 0.717) is 28.7 Å². The average Bonchev–Trinajstić information content (AvgIpc) is 3.04. The Kier molecular flexibility index (Phi) is 5.22. The van der Waals surface area contributed by atoms with Crippen molar-refractivity contribution in [1.29, 1.82) is 0 Å².